The van der Waals surface area contributed by atoms with Crippen LogP contribution in [0.4, 0.5) is 5.82 Å². The molecule has 0 amide bonds. The Bertz CT molecular complexity index is 426. The normalized spacial score (nSPS) is 14.6. The first-order valence-electron chi connectivity index (χ1n) is 5.20. The Labute approximate surface area is 99.1 Å². The Morgan fingerprint density at radius 2 is 2.38 bits per heavy atom. The molecule has 2 rings (SSSR count). The van der Waals surface area contributed by atoms with Gasteiger partial charge in [0.1, 0.15) is 16.9 Å². The second-order valence-corrected chi connectivity index (χ2v) is 4.13. The molecule has 1 aliphatic rings. The number of aliphatic hydroxyl groups excluding tert-OH is 1. The maximum absolute atomic E-state index is 9.01. The fraction of sp³-hybridized carbons (Fsp3) is 0.455. The molecule has 0 aromatic carbocycles. The van der Waals surface area contributed by atoms with Gasteiger partial charge in [0.05, 0.1) is 12.2 Å². The van der Waals surface area contributed by atoms with Crippen LogP contribution < -0.4 is 4.90 Å². The van der Waals surface area contributed by atoms with Crippen molar-refractivity contribution in [2.24, 2.45) is 0 Å². The van der Waals surface area contributed by atoms with Crippen LogP contribution in [0.25, 0.3) is 0 Å². The molecule has 0 saturated heterocycles. The van der Waals surface area contributed by atoms with Gasteiger partial charge in [-0.25, -0.2) is 4.98 Å². The van der Waals surface area contributed by atoms with Crippen LogP contribution in [0.1, 0.15) is 18.4 Å². The van der Waals surface area contributed by atoms with Crippen molar-refractivity contribution >= 4 is 17.4 Å². The van der Waals surface area contributed by atoms with E-state index in [0.29, 0.717) is 29.0 Å². The van der Waals surface area contributed by atoms with Crippen molar-refractivity contribution < 1.29 is 5.11 Å². The van der Waals surface area contributed by atoms with Gasteiger partial charge in [-0.3, -0.25) is 0 Å². The SMILES string of the molecule is N#Cc1ccnc(N(CCO)C2CC2)c1Cl. The second kappa shape index (κ2) is 4.69. The first-order valence-corrected chi connectivity index (χ1v) is 5.58. The zero-order valence-corrected chi connectivity index (χ0v) is 9.48. The number of hydrogen-bond acceptors (Lipinski definition) is 4. The van der Waals surface area contributed by atoms with Crippen LogP contribution in [0.15, 0.2) is 12.3 Å². The Morgan fingerprint density at radius 3 is 2.94 bits per heavy atom. The van der Waals surface area contributed by atoms with E-state index in [-0.39, 0.29) is 6.61 Å². The van der Waals surface area contributed by atoms with E-state index >= 15 is 0 Å². The van der Waals surface area contributed by atoms with Gasteiger partial charge in [0, 0.05) is 18.8 Å². The summed E-state index contributed by atoms with van der Waals surface area (Å²) in [7, 11) is 0. The van der Waals surface area contributed by atoms with E-state index in [0.717, 1.165) is 12.8 Å². The van der Waals surface area contributed by atoms with Gasteiger partial charge in [0.15, 0.2) is 0 Å². The van der Waals surface area contributed by atoms with E-state index < -0.39 is 0 Å². The van der Waals surface area contributed by atoms with Crippen LogP contribution in [-0.4, -0.2) is 29.3 Å². The molecule has 0 spiro atoms. The Kier molecular flexibility index (Phi) is 3.28. The van der Waals surface area contributed by atoms with E-state index in [1.54, 1.807) is 12.3 Å². The van der Waals surface area contributed by atoms with Gasteiger partial charge >= 0.3 is 0 Å². The molecule has 1 aromatic heterocycles. The predicted molar refractivity (Wildman–Crippen MR) is 61.4 cm³/mol. The molecule has 0 radical (unpaired) electrons. The average molecular weight is 238 g/mol. The number of anilines is 1. The number of rotatable bonds is 4. The smallest absolute Gasteiger partial charge is 0.149 e. The highest BCUT2D eigenvalue weighted by atomic mass is 35.5. The highest BCUT2D eigenvalue weighted by Crippen LogP contribution is 2.35. The number of hydrogen-bond donors (Lipinski definition) is 1. The standard InChI is InChI=1S/C11H12ClN3O/c12-10-8(7-13)3-4-14-11(10)15(5-6-16)9-1-2-9/h3-4,9,16H,1-2,5-6H2. The lowest BCUT2D eigenvalue weighted by Gasteiger charge is -2.23. The molecule has 1 fully saturated rings. The number of aromatic nitrogens is 1. The number of pyridine rings is 1. The maximum atomic E-state index is 9.01. The molecule has 16 heavy (non-hydrogen) atoms. The van der Waals surface area contributed by atoms with E-state index in [1.807, 2.05) is 11.0 Å². The molecule has 1 N–H and O–H groups in total. The van der Waals surface area contributed by atoms with Crippen LogP contribution in [-0.2, 0) is 0 Å². The minimum atomic E-state index is 0.0608. The predicted octanol–water partition coefficient (Wildman–Crippen LogP) is 1.57. The summed E-state index contributed by atoms with van der Waals surface area (Å²) in [5.74, 6) is 0.609. The third kappa shape index (κ3) is 2.11. The zero-order chi connectivity index (χ0) is 11.5. The molecule has 1 aromatic rings. The van der Waals surface area contributed by atoms with Crippen molar-refractivity contribution in [3.63, 3.8) is 0 Å². The minimum Gasteiger partial charge on any atom is -0.395 e. The van der Waals surface area contributed by atoms with E-state index in [4.69, 9.17) is 22.0 Å². The first kappa shape index (κ1) is 11.2. The molecule has 0 unspecified atom stereocenters. The van der Waals surface area contributed by atoms with Gasteiger partial charge in [-0.15, -0.1) is 0 Å². The summed E-state index contributed by atoms with van der Waals surface area (Å²) in [6.07, 6.45) is 3.76. The highest BCUT2D eigenvalue weighted by molar-refractivity contribution is 6.34. The Morgan fingerprint density at radius 1 is 1.62 bits per heavy atom. The molecule has 84 valence electrons. The summed E-state index contributed by atoms with van der Waals surface area (Å²) in [5.41, 5.74) is 0.426. The van der Waals surface area contributed by atoms with E-state index in [1.165, 1.54) is 0 Å². The fourth-order valence-electron chi connectivity index (χ4n) is 1.67. The largest absolute Gasteiger partial charge is 0.395 e. The van der Waals surface area contributed by atoms with Gasteiger partial charge in [0.25, 0.3) is 0 Å². The lowest BCUT2D eigenvalue weighted by atomic mass is 10.2. The van der Waals surface area contributed by atoms with Crippen molar-refractivity contribution in [2.75, 3.05) is 18.1 Å². The summed E-state index contributed by atoms with van der Waals surface area (Å²) < 4.78 is 0. The van der Waals surface area contributed by atoms with E-state index in [2.05, 4.69) is 4.98 Å². The van der Waals surface area contributed by atoms with Crippen LogP contribution in [0.2, 0.25) is 5.02 Å². The number of halogens is 1. The quantitative estimate of drug-likeness (QED) is 0.864. The van der Waals surface area contributed by atoms with Crippen molar-refractivity contribution in [1.29, 1.82) is 5.26 Å². The first-order chi connectivity index (χ1) is 7.77. The topological polar surface area (TPSA) is 60.2 Å². The summed E-state index contributed by atoms with van der Waals surface area (Å²) in [5, 5.41) is 18.3. The fourth-order valence-corrected chi connectivity index (χ4v) is 1.94. The number of nitriles is 1. The molecular formula is C11H12ClN3O. The molecule has 0 aliphatic heterocycles. The summed E-state index contributed by atoms with van der Waals surface area (Å²) >= 11 is 6.10. The molecule has 4 nitrogen and oxygen atoms in total. The van der Waals surface area contributed by atoms with Gasteiger partial charge in [-0.1, -0.05) is 11.6 Å². The average Bonchev–Trinajstić information content (AvgIpc) is 3.11. The monoisotopic (exact) mass is 237 g/mol. The molecule has 1 saturated carbocycles. The number of nitrogens with zero attached hydrogens (tertiary/aromatic N) is 3. The van der Waals surface area contributed by atoms with Crippen LogP contribution in [0.3, 0.4) is 0 Å². The summed E-state index contributed by atoms with van der Waals surface area (Å²) in [4.78, 5) is 6.17. The summed E-state index contributed by atoms with van der Waals surface area (Å²) in [6.45, 7) is 0.567. The molecule has 1 heterocycles. The number of aliphatic hydroxyl groups is 1. The lowest BCUT2D eigenvalue weighted by Crippen LogP contribution is -2.30. The van der Waals surface area contributed by atoms with Crippen LogP contribution >= 0.6 is 11.6 Å². The molecule has 0 bridgehead atoms. The molecular weight excluding hydrogens is 226 g/mol. The highest BCUT2D eigenvalue weighted by Gasteiger charge is 2.31. The minimum absolute atomic E-state index is 0.0608. The van der Waals surface area contributed by atoms with E-state index in [9.17, 15) is 0 Å². The molecule has 5 heteroatoms. The van der Waals surface area contributed by atoms with Gasteiger partial charge < -0.3 is 10.0 Å². The van der Waals surface area contributed by atoms with Gasteiger partial charge in [-0.2, -0.15) is 5.26 Å². The third-order valence-electron chi connectivity index (χ3n) is 2.59. The van der Waals surface area contributed by atoms with Gasteiger partial charge in [0.2, 0.25) is 0 Å². The van der Waals surface area contributed by atoms with Crippen molar-refractivity contribution in [3.8, 4) is 6.07 Å². The molecule has 1 aliphatic carbocycles. The zero-order valence-electron chi connectivity index (χ0n) is 8.73. The van der Waals surface area contributed by atoms with Crippen molar-refractivity contribution in [2.45, 2.75) is 18.9 Å². The summed E-state index contributed by atoms with van der Waals surface area (Å²) in [6, 6.07) is 4.03. The Balaban J connectivity index is 2.33. The van der Waals surface area contributed by atoms with Crippen molar-refractivity contribution in [3.05, 3.63) is 22.8 Å². The maximum Gasteiger partial charge on any atom is 0.149 e. The second-order valence-electron chi connectivity index (χ2n) is 3.76. The third-order valence-corrected chi connectivity index (χ3v) is 2.96. The van der Waals surface area contributed by atoms with Crippen LogP contribution in [0.5, 0.6) is 0 Å². The lowest BCUT2D eigenvalue weighted by molar-refractivity contribution is 0.301. The van der Waals surface area contributed by atoms with Crippen molar-refractivity contribution in [1.82, 2.24) is 4.98 Å². The van der Waals surface area contributed by atoms with Crippen LogP contribution in [0, 0.1) is 11.3 Å². The van der Waals surface area contributed by atoms with Gasteiger partial charge in [-0.05, 0) is 18.9 Å². The Hall–Kier alpha value is -1.31. The molecule has 0 atom stereocenters.